The molecule has 0 bridgehead atoms. The fraction of sp³-hybridized carbons (Fsp3) is 0. The average molecular weight is 199 g/mol. The van der Waals surface area contributed by atoms with Crippen molar-refractivity contribution < 1.29 is 4.79 Å². The lowest BCUT2D eigenvalue weighted by Gasteiger charge is -2.00. The standard InChI is InChI=1S/C12H9NO2/c14-8-9-1-3-10(4-2-9)12-7-11(15)5-6-13-12/h1-8H,(H,13,15). The predicted octanol–water partition coefficient (Wildman–Crippen LogP) is 1.85. The quantitative estimate of drug-likeness (QED) is 0.750. The van der Waals surface area contributed by atoms with E-state index < -0.39 is 0 Å². The van der Waals surface area contributed by atoms with E-state index in [1.165, 1.54) is 12.1 Å². The van der Waals surface area contributed by atoms with Crippen LogP contribution in [-0.4, -0.2) is 11.3 Å². The lowest BCUT2D eigenvalue weighted by Crippen LogP contribution is -1.97. The van der Waals surface area contributed by atoms with Crippen molar-refractivity contribution in [2.45, 2.75) is 0 Å². The van der Waals surface area contributed by atoms with Gasteiger partial charge in [0.2, 0.25) is 0 Å². The highest BCUT2D eigenvalue weighted by Crippen LogP contribution is 2.14. The minimum atomic E-state index is -0.0387. The van der Waals surface area contributed by atoms with Gasteiger partial charge in [-0.1, -0.05) is 24.3 Å². The molecule has 0 amide bonds. The third-order valence-electron chi connectivity index (χ3n) is 2.13. The van der Waals surface area contributed by atoms with Gasteiger partial charge in [-0.3, -0.25) is 9.59 Å². The van der Waals surface area contributed by atoms with E-state index in [1.807, 2.05) is 0 Å². The number of rotatable bonds is 2. The SMILES string of the molecule is O=Cc1ccc(-c2cc(=O)cc[nH]2)cc1. The molecule has 74 valence electrons. The number of aldehydes is 1. The fourth-order valence-electron chi connectivity index (χ4n) is 1.35. The zero-order valence-corrected chi connectivity index (χ0v) is 7.94. The molecule has 1 aromatic heterocycles. The van der Waals surface area contributed by atoms with E-state index in [1.54, 1.807) is 30.5 Å². The molecule has 0 aliphatic rings. The molecule has 3 heteroatoms. The van der Waals surface area contributed by atoms with Crippen molar-refractivity contribution in [1.82, 2.24) is 4.98 Å². The summed E-state index contributed by atoms with van der Waals surface area (Å²) in [5.74, 6) is 0. The molecule has 1 heterocycles. The lowest BCUT2D eigenvalue weighted by atomic mass is 10.1. The molecule has 0 fully saturated rings. The van der Waals surface area contributed by atoms with Gasteiger partial charge >= 0.3 is 0 Å². The van der Waals surface area contributed by atoms with Crippen LogP contribution in [0.5, 0.6) is 0 Å². The van der Waals surface area contributed by atoms with Gasteiger partial charge in [-0.2, -0.15) is 0 Å². The Balaban J connectivity index is 2.45. The Morgan fingerprint density at radius 3 is 2.40 bits per heavy atom. The molecule has 0 unspecified atom stereocenters. The second-order valence-corrected chi connectivity index (χ2v) is 3.18. The van der Waals surface area contributed by atoms with Crippen molar-refractivity contribution in [2.24, 2.45) is 0 Å². The number of pyridine rings is 1. The first-order chi connectivity index (χ1) is 7.29. The van der Waals surface area contributed by atoms with E-state index in [0.717, 1.165) is 17.5 Å². The summed E-state index contributed by atoms with van der Waals surface area (Å²) in [7, 11) is 0. The van der Waals surface area contributed by atoms with E-state index in [2.05, 4.69) is 4.98 Å². The van der Waals surface area contributed by atoms with Crippen molar-refractivity contribution in [3.8, 4) is 11.3 Å². The topological polar surface area (TPSA) is 49.9 Å². The minimum Gasteiger partial charge on any atom is -0.361 e. The Hall–Kier alpha value is -2.16. The monoisotopic (exact) mass is 199 g/mol. The van der Waals surface area contributed by atoms with Crippen LogP contribution in [0.25, 0.3) is 11.3 Å². The van der Waals surface area contributed by atoms with Crippen LogP contribution in [-0.2, 0) is 0 Å². The molecule has 0 saturated carbocycles. The van der Waals surface area contributed by atoms with Gasteiger partial charge in [0.25, 0.3) is 0 Å². The van der Waals surface area contributed by atoms with Gasteiger partial charge in [0.05, 0.1) is 0 Å². The van der Waals surface area contributed by atoms with E-state index >= 15 is 0 Å². The number of hydrogen-bond donors (Lipinski definition) is 1. The molecule has 1 aromatic carbocycles. The van der Waals surface area contributed by atoms with Crippen LogP contribution in [0, 0.1) is 0 Å². The predicted molar refractivity (Wildman–Crippen MR) is 57.9 cm³/mol. The average Bonchev–Trinajstić information content (AvgIpc) is 2.29. The molecular formula is C12H9NO2. The van der Waals surface area contributed by atoms with E-state index in [0.29, 0.717) is 5.56 Å². The van der Waals surface area contributed by atoms with Gasteiger partial charge in [-0.05, 0) is 5.56 Å². The van der Waals surface area contributed by atoms with Gasteiger partial charge in [0.15, 0.2) is 5.43 Å². The number of carbonyl (C=O) groups is 1. The molecule has 1 N–H and O–H groups in total. The molecule has 2 aromatic rings. The van der Waals surface area contributed by atoms with Crippen molar-refractivity contribution in [3.05, 3.63) is 58.4 Å². The van der Waals surface area contributed by atoms with Crippen LogP contribution in [0.1, 0.15) is 10.4 Å². The summed E-state index contributed by atoms with van der Waals surface area (Å²) in [5.41, 5.74) is 2.22. The number of aromatic nitrogens is 1. The molecule has 2 rings (SSSR count). The molecule has 0 aliphatic carbocycles. The molecule has 3 nitrogen and oxygen atoms in total. The Morgan fingerprint density at radius 1 is 1.07 bits per heavy atom. The zero-order valence-electron chi connectivity index (χ0n) is 7.94. The second kappa shape index (κ2) is 3.92. The Bertz CT molecular complexity index is 526. The lowest BCUT2D eigenvalue weighted by molar-refractivity contribution is 0.112. The van der Waals surface area contributed by atoms with Crippen LogP contribution < -0.4 is 5.43 Å². The van der Waals surface area contributed by atoms with E-state index in [9.17, 15) is 9.59 Å². The summed E-state index contributed by atoms with van der Waals surface area (Å²) < 4.78 is 0. The molecule has 0 saturated heterocycles. The number of hydrogen-bond acceptors (Lipinski definition) is 2. The summed E-state index contributed by atoms with van der Waals surface area (Å²) in [5, 5.41) is 0. The first-order valence-corrected chi connectivity index (χ1v) is 4.54. The minimum absolute atomic E-state index is 0.0387. The van der Waals surface area contributed by atoms with Gasteiger partial charge < -0.3 is 4.98 Å². The fourth-order valence-corrected chi connectivity index (χ4v) is 1.35. The van der Waals surface area contributed by atoms with E-state index in [-0.39, 0.29) is 5.43 Å². The third kappa shape index (κ3) is 2.02. The smallest absolute Gasteiger partial charge is 0.182 e. The number of carbonyl (C=O) groups excluding carboxylic acids is 1. The van der Waals surface area contributed by atoms with Gasteiger partial charge in [0.1, 0.15) is 6.29 Å². The van der Waals surface area contributed by atoms with Gasteiger partial charge in [0, 0.05) is 29.6 Å². The van der Waals surface area contributed by atoms with Crippen molar-refractivity contribution in [1.29, 1.82) is 0 Å². The second-order valence-electron chi connectivity index (χ2n) is 3.18. The van der Waals surface area contributed by atoms with Crippen molar-refractivity contribution >= 4 is 6.29 Å². The molecule has 0 radical (unpaired) electrons. The van der Waals surface area contributed by atoms with Crippen molar-refractivity contribution in [3.63, 3.8) is 0 Å². The highest BCUT2D eigenvalue weighted by Gasteiger charge is 1.98. The maximum Gasteiger partial charge on any atom is 0.182 e. The molecule has 0 atom stereocenters. The number of benzene rings is 1. The summed E-state index contributed by atoms with van der Waals surface area (Å²) >= 11 is 0. The summed E-state index contributed by atoms with van der Waals surface area (Å²) in [4.78, 5) is 24.5. The molecule has 0 aliphatic heterocycles. The van der Waals surface area contributed by atoms with Gasteiger partial charge in [-0.15, -0.1) is 0 Å². The number of nitrogens with one attached hydrogen (secondary N) is 1. The van der Waals surface area contributed by atoms with Crippen LogP contribution in [0.4, 0.5) is 0 Å². The highest BCUT2D eigenvalue weighted by atomic mass is 16.1. The molecule has 15 heavy (non-hydrogen) atoms. The Kier molecular flexibility index (Phi) is 2.46. The summed E-state index contributed by atoms with van der Waals surface area (Å²) in [6.45, 7) is 0. The summed E-state index contributed by atoms with van der Waals surface area (Å²) in [6.07, 6.45) is 2.39. The van der Waals surface area contributed by atoms with E-state index in [4.69, 9.17) is 0 Å². The third-order valence-corrected chi connectivity index (χ3v) is 2.13. The van der Waals surface area contributed by atoms with Crippen LogP contribution in [0.3, 0.4) is 0 Å². The number of aromatic amines is 1. The van der Waals surface area contributed by atoms with Crippen molar-refractivity contribution in [2.75, 3.05) is 0 Å². The zero-order chi connectivity index (χ0) is 10.7. The Morgan fingerprint density at radius 2 is 1.80 bits per heavy atom. The number of H-pyrrole nitrogens is 1. The first kappa shape index (κ1) is 9.40. The maximum absolute atomic E-state index is 11.1. The van der Waals surface area contributed by atoms with Gasteiger partial charge in [-0.25, -0.2) is 0 Å². The maximum atomic E-state index is 11.1. The van der Waals surface area contributed by atoms with Crippen LogP contribution in [0.2, 0.25) is 0 Å². The Labute approximate surface area is 86.4 Å². The molecular weight excluding hydrogens is 190 g/mol. The van der Waals surface area contributed by atoms with Crippen LogP contribution >= 0.6 is 0 Å². The normalized spacial score (nSPS) is 9.87. The summed E-state index contributed by atoms with van der Waals surface area (Å²) in [6, 6.07) is 10.0. The molecule has 0 spiro atoms. The van der Waals surface area contributed by atoms with Crippen LogP contribution in [0.15, 0.2) is 47.4 Å². The largest absolute Gasteiger partial charge is 0.361 e. The highest BCUT2D eigenvalue weighted by molar-refractivity contribution is 5.76. The first-order valence-electron chi connectivity index (χ1n) is 4.54.